The van der Waals surface area contributed by atoms with Crippen LogP contribution < -0.4 is 5.32 Å². The lowest BCUT2D eigenvalue weighted by atomic mass is 10.0. The second kappa shape index (κ2) is 4.65. The van der Waals surface area contributed by atoms with Gasteiger partial charge in [0.25, 0.3) is 0 Å². The van der Waals surface area contributed by atoms with Crippen LogP contribution in [0.25, 0.3) is 0 Å². The van der Waals surface area contributed by atoms with Gasteiger partial charge in [-0.25, -0.2) is 0 Å². The van der Waals surface area contributed by atoms with Crippen molar-refractivity contribution in [1.29, 1.82) is 0 Å². The summed E-state index contributed by atoms with van der Waals surface area (Å²) in [7, 11) is 0. The third-order valence-electron chi connectivity index (χ3n) is 2.31. The van der Waals surface area contributed by atoms with Gasteiger partial charge in [0.1, 0.15) is 0 Å². The summed E-state index contributed by atoms with van der Waals surface area (Å²) in [6, 6.07) is 9.53. The molecule has 0 fully saturated rings. The van der Waals surface area contributed by atoms with Crippen LogP contribution in [-0.4, -0.2) is 17.1 Å². The molecule has 2 unspecified atom stereocenters. The highest BCUT2D eigenvalue weighted by atomic mass is 16.4. The second-order valence-corrected chi connectivity index (χ2v) is 3.43. The van der Waals surface area contributed by atoms with E-state index in [2.05, 4.69) is 5.32 Å². The molecule has 3 nitrogen and oxygen atoms in total. The fourth-order valence-electron chi connectivity index (χ4n) is 1.14. The molecule has 76 valence electrons. The van der Waals surface area contributed by atoms with E-state index in [1.165, 1.54) is 0 Å². The van der Waals surface area contributed by atoms with Gasteiger partial charge in [0.2, 0.25) is 0 Å². The van der Waals surface area contributed by atoms with Crippen molar-refractivity contribution >= 4 is 11.7 Å². The van der Waals surface area contributed by atoms with Gasteiger partial charge < -0.3 is 10.4 Å². The van der Waals surface area contributed by atoms with Crippen molar-refractivity contribution in [3.8, 4) is 0 Å². The maximum atomic E-state index is 10.7. The minimum Gasteiger partial charge on any atom is -0.481 e. The quantitative estimate of drug-likeness (QED) is 0.770. The number of para-hydroxylation sites is 1. The smallest absolute Gasteiger partial charge is 0.308 e. The number of nitrogens with one attached hydrogen (secondary N) is 1. The van der Waals surface area contributed by atoms with Crippen molar-refractivity contribution in [2.24, 2.45) is 5.92 Å². The average Bonchev–Trinajstić information content (AvgIpc) is 2.18. The Labute approximate surface area is 83.8 Å². The molecule has 3 heteroatoms. The van der Waals surface area contributed by atoms with Crippen LogP contribution in [0.3, 0.4) is 0 Å². The van der Waals surface area contributed by atoms with Gasteiger partial charge in [-0.3, -0.25) is 4.79 Å². The highest BCUT2D eigenvalue weighted by Gasteiger charge is 2.18. The molecular formula is C11H15NO2. The second-order valence-electron chi connectivity index (χ2n) is 3.43. The highest BCUT2D eigenvalue weighted by molar-refractivity contribution is 5.71. The fourth-order valence-corrected chi connectivity index (χ4v) is 1.14. The molecule has 2 N–H and O–H groups in total. The Morgan fingerprint density at radius 2 is 1.86 bits per heavy atom. The number of carbonyl (C=O) groups is 1. The zero-order valence-corrected chi connectivity index (χ0v) is 8.40. The fraction of sp³-hybridized carbons (Fsp3) is 0.364. The number of benzene rings is 1. The molecule has 0 aliphatic rings. The van der Waals surface area contributed by atoms with Gasteiger partial charge in [-0.1, -0.05) is 18.2 Å². The van der Waals surface area contributed by atoms with Crippen LogP contribution in [0.2, 0.25) is 0 Å². The van der Waals surface area contributed by atoms with E-state index in [1.807, 2.05) is 37.3 Å². The molecule has 2 atom stereocenters. The van der Waals surface area contributed by atoms with Crippen LogP contribution >= 0.6 is 0 Å². The summed E-state index contributed by atoms with van der Waals surface area (Å²) < 4.78 is 0. The van der Waals surface area contributed by atoms with Crippen molar-refractivity contribution in [3.63, 3.8) is 0 Å². The molecule has 0 spiro atoms. The highest BCUT2D eigenvalue weighted by Crippen LogP contribution is 2.11. The number of hydrogen-bond acceptors (Lipinski definition) is 2. The number of carboxylic acid groups (broad SMARTS) is 1. The van der Waals surface area contributed by atoms with Gasteiger partial charge in [-0.05, 0) is 26.0 Å². The lowest BCUT2D eigenvalue weighted by molar-refractivity contribution is -0.141. The SMILES string of the molecule is CC(Nc1ccccc1)C(C)C(=O)O. The van der Waals surface area contributed by atoms with E-state index in [0.29, 0.717) is 0 Å². The molecule has 14 heavy (non-hydrogen) atoms. The topological polar surface area (TPSA) is 49.3 Å². The number of carboxylic acids is 1. The first-order chi connectivity index (χ1) is 6.61. The van der Waals surface area contributed by atoms with Crippen LogP contribution in [0.5, 0.6) is 0 Å². The van der Waals surface area contributed by atoms with Gasteiger partial charge in [-0.15, -0.1) is 0 Å². The molecular weight excluding hydrogens is 178 g/mol. The Balaban J connectivity index is 2.57. The Hall–Kier alpha value is -1.51. The van der Waals surface area contributed by atoms with E-state index < -0.39 is 11.9 Å². The third kappa shape index (κ3) is 2.76. The van der Waals surface area contributed by atoms with Gasteiger partial charge in [0, 0.05) is 11.7 Å². The van der Waals surface area contributed by atoms with Crippen molar-refractivity contribution < 1.29 is 9.90 Å². The van der Waals surface area contributed by atoms with Gasteiger partial charge in [0.05, 0.1) is 5.92 Å². The van der Waals surface area contributed by atoms with Crippen LogP contribution in [0.4, 0.5) is 5.69 Å². The van der Waals surface area contributed by atoms with Crippen LogP contribution in [0.1, 0.15) is 13.8 Å². The van der Waals surface area contributed by atoms with Crippen LogP contribution in [0.15, 0.2) is 30.3 Å². The number of rotatable bonds is 4. The summed E-state index contributed by atoms with van der Waals surface area (Å²) in [5, 5.41) is 11.9. The lowest BCUT2D eigenvalue weighted by Crippen LogP contribution is -2.29. The summed E-state index contributed by atoms with van der Waals surface area (Å²) >= 11 is 0. The predicted molar refractivity (Wildman–Crippen MR) is 56.3 cm³/mol. The molecule has 0 aromatic heterocycles. The third-order valence-corrected chi connectivity index (χ3v) is 2.31. The largest absolute Gasteiger partial charge is 0.481 e. The molecule has 0 saturated carbocycles. The zero-order valence-electron chi connectivity index (χ0n) is 8.40. The molecule has 0 bridgehead atoms. The molecule has 0 heterocycles. The average molecular weight is 193 g/mol. The Morgan fingerprint density at radius 1 is 1.29 bits per heavy atom. The van der Waals surface area contributed by atoms with Crippen LogP contribution in [-0.2, 0) is 4.79 Å². The Morgan fingerprint density at radius 3 is 2.36 bits per heavy atom. The summed E-state index contributed by atoms with van der Waals surface area (Å²) in [5.74, 6) is -1.17. The molecule has 1 aromatic rings. The molecule has 0 amide bonds. The van der Waals surface area contributed by atoms with E-state index >= 15 is 0 Å². The zero-order chi connectivity index (χ0) is 10.6. The minimum atomic E-state index is -0.777. The van der Waals surface area contributed by atoms with Crippen molar-refractivity contribution in [2.45, 2.75) is 19.9 Å². The summed E-state index contributed by atoms with van der Waals surface area (Å²) in [5.41, 5.74) is 0.952. The summed E-state index contributed by atoms with van der Waals surface area (Å²) in [6.07, 6.45) is 0. The maximum Gasteiger partial charge on any atom is 0.308 e. The molecule has 0 radical (unpaired) electrons. The van der Waals surface area contributed by atoms with Crippen molar-refractivity contribution in [1.82, 2.24) is 0 Å². The minimum absolute atomic E-state index is 0.0742. The Kier molecular flexibility index (Phi) is 3.51. The normalized spacial score (nSPS) is 14.4. The maximum absolute atomic E-state index is 10.7. The number of aliphatic carboxylic acids is 1. The van der Waals surface area contributed by atoms with E-state index in [4.69, 9.17) is 5.11 Å². The van der Waals surface area contributed by atoms with Gasteiger partial charge in [0.15, 0.2) is 0 Å². The van der Waals surface area contributed by atoms with Gasteiger partial charge >= 0.3 is 5.97 Å². The standard InChI is InChI=1S/C11H15NO2/c1-8(11(13)14)9(2)12-10-6-4-3-5-7-10/h3-9,12H,1-2H3,(H,13,14). The van der Waals surface area contributed by atoms with Crippen molar-refractivity contribution in [3.05, 3.63) is 30.3 Å². The van der Waals surface area contributed by atoms with E-state index in [9.17, 15) is 4.79 Å². The monoisotopic (exact) mass is 193 g/mol. The summed E-state index contributed by atoms with van der Waals surface area (Å²) in [6.45, 7) is 3.56. The molecule has 0 saturated heterocycles. The van der Waals surface area contributed by atoms with E-state index in [-0.39, 0.29) is 6.04 Å². The first-order valence-corrected chi connectivity index (χ1v) is 4.65. The first-order valence-electron chi connectivity index (χ1n) is 4.65. The van der Waals surface area contributed by atoms with E-state index in [1.54, 1.807) is 6.92 Å². The predicted octanol–water partition coefficient (Wildman–Crippen LogP) is 2.21. The molecule has 0 aliphatic heterocycles. The van der Waals surface area contributed by atoms with Gasteiger partial charge in [-0.2, -0.15) is 0 Å². The lowest BCUT2D eigenvalue weighted by Gasteiger charge is -2.18. The molecule has 1 rings (SSSR count). The van der Waals surface area contributed by atoms with Crippen molar-refractivity contribution in [2.75, 3.05) is 5.32 Å². The number of anilines is 1. The number of hydrogen-bond donors (Lipinski definition) is 2. The molecule has 1 aromatic carbocycles. The first kappa shape index (κ1) is 10.6. The Bertz CT molecular complexity index is 297. The van der Waals surface area contributed by atoms with Crippen LogP contribution in [0, 0.1) is 5.92 Å². The van der Waals surface area contributed by atoms with E-state index in [0.717, 1.165) is 5.69 Å². The molecule has 0 aliphatic carbocycles. The summed E-state index contributed by atoms with van der Waals surface area (Å²) in [4.78, 5) is 10.7.